The number of phenols is 1. The van der Waals surface area contributed by atoms with Crippen molar-refractivity contribution < 1.29 is 19.5 Å². The van der Waals surface area contributed by atoms with Gasteiger partial charge in [-0.2, -0.15) is 0 Å². The largest absolute Gasteiger partial charge is 0.508 e. The molecule has 0 saturated carbocycles. The smallest absolute Gasteiger partial charge is 0.274 e. The van der Waals surface area contributed by atoms with E-state index in [1.54, 1.807) is 30.3 Å². The minimum absolute atomic E-state index is 0.258. The van der Waals surface area contributed by atoms with Crippen LogP contribution in [0.1, 0.15) is 48.5 Å². The first-order valence-corrected chi connectivity index (χ1v) is 9.12. The summed E-state index contributed by atoms with van der Waals surface area (Å²) in [5, 5.41) is 9.42. The molecule has 0 spiro atoms. The van der Waals surface area contributed by atoms with E-state index < -0.39 is 0 Å². The molecule has 0 bridgehead atoms. The van der Waals surface area contributed by atoms with Crippen LogP contribution in [-0.4, -0.2) is 24.2 Å². The average Bonchev–Trinajstić information content (AvgIpc) is 2.65. The lowest BCUT2D eigenvalue weighted by molar-refractivity contribution is 0.0304. The summed E-state index contributed by atoms with van der Waals surface area (Å²) in [7, 11) is 0. The molecule has 1 amide bonds. The van der Waals surface area contributed by atoms with Gasteiger partial charge in [0, 0.05) is 5.56 Å². The van der Waals surface area contributed by atoms with Crippen molar-refractivity contribution in [2.24, 2.45) is 0 Å². The van der Waals surface area contributed by atoms with Crippen LogP contribution < -0.4 is 10.2 Å². The molecule has 0 aliphatic carbocycles. The van der Waals surface area contributed by atoms with Gasteiger partial charge in [-0.25, -0.2) is 5.48 Å². The zero-order valence-corrected chi connectivity index (χ0v) is 15.2. The van der Waals surface area contributed by atoms with Gasteiger partial charge < -0.3 is 9.84 Å². The molecule has 26 heavy (non-hydrogen) atoms. The third-order valence-electron chi connectivity index (χ3n) is 3.90. The Labute approximate surface area is 154 Å². The van der Waals surface area contributed by atoms with Crippen LogP contribution in [0.4, 0.5) is 0 Å². The predicted molar refractivity (Wildman–Crippen MR) is 101 cm³/mol. The molecule has 2 aromatic carbocycles. The summed E-state index contributed by atoms with van der Waals surface area (Å²) >= 11 is 0. The molecule has 0 radical (unpaired) electrons. The third-order valence-corrected chi connectivity index (χ3v) is 3.90. The zero-order valence-electron chi connectivity index (χ0n) is 15.2. The normalized spacial score (nSPS) is 10.5. The van der Waals surface area contributed by atoms with Gasteiger partial charge in [-0.05, 0) is 55.2 Å². The van der Waals surface area contributed by atoms with Gasteiger partial charge in [0.25, 0.3) is 5.91 Å². The highest BCUT2D eigenvalue weighted by atomic mass is 16.6. The number of phenolic OH excluding ortho intramolecular Hbond substituents is 1. The van der Waals surface area contributed by atoms with Crippen molar-refractivity contribution in [1.82, 2.24) is 5.48 Å². The number of unbranched alkanes of at least 4 members (excludes halogenated alkanes) is 2. The summed E-state index contributed by atoms with van der Waals surface area (Å²) in [5.74, 6) is 0.660. The van der Waals surface area contributed by atoms with Crippen LogP contribution in [0.3, 0.4) is 0 Å². The van der Waals surface area contributed by atoms with Gasteiger partial charge >= 0.3 is 0 Å². The SMILES string of the molecule is CCCCCOc1cccc(C(=O)NOCCCc2cccc(O)c2)c1. The maximum Gasteiger partial charge on any atom is 0.274 e. The molecule has 2 N–H and O–H groups in total. The van der Waals surface area contributed by atoms with E-state index in [4.69, 9.17) is 9.57 Å². The molecule has 2 rings (SSSR count). The van der Waals surface area contributed by atoms with Crippen LogP contribution in [0.15, 0.2) is 48.5 Å². The van der Waals surface area contributed by atoms with Gasteiger partial charge in [-0.15, -0.1) is 0 Å². The second-order valence-electron chi connectivity index (χ2n) is 6.14. The standard InChI is InChI=1S/C21H27NO4/c1-2-3-4-13-25-20-12-6-10-18(16-20)21(24)22-26-14-7-9-17-8-5-11-19(23)15-17/h5-6,8,10-12,15-16,23H,2-4,7,9,13-14H2,1H3,(H,22,24). The highest BCUT2D eigenvalue weighted by Gasteiger charge is 2.07. The van der Waals surface area contributed by atoms with Crippen LogP contribution in [-0.2, 0) is 11.3 Å². The van der Waals surface area contributed by atoms with Gasteiger partial charge in [0.1, 0.15) is 11.5 Å². The van der Waals surface area contributed by atoms with Crippen molar-refractivity contribution in [2.45, 2.75) is 39.0 Å². The summed E-state index contributed by atoms with van der Waals surface area (Å²) in [6.45, 7) is 3.20. The molecule has 0 fully saturated rings. The van der Waals surface area contributed by atoms with Crippen molar-refractivity contribution in [1.29, 1.82) is 0 Å². The van der Waals surface area contributed by atoms with Crippen LogP contribution in [0, 0.1) is 0 Å². The van der Waals surface area contributed by atoms with E-state index in [1.165, 1.54) is 0 Å². The van der Waals surface area contributed by atoms with Crippen molar-refractivity contribution in [3.63, 3.8) is 0 Å². The number of aryl methyl sites for hydroxylation is 1. The second kappa shape index (κ2) is 11.2. The Morgan fingerprint density at radius 1 is 1.04 bits per heavy atom. The first kappa shape index (κ1) is 19.8. The Kier molecular flexibility index (Phi) is 8.49. The highest BCUT2D eigenvalue weighted by molar-refractivity contribution is 5.93. The Balaban J connectivity index is 1.68. The molecule has 0 unspecified atom stereocenters. The maximum absolute atomic E-state index is 12.1. The number of carbonyl (C=O) groups is 1. The van der Waals surface area contributed by atoms with Crippen molar-refractivity contribution >= 4 is 5.91 Å². The van der Waals surface area contributed by atoms with E-state index in [9.17, 15) is 9.90 Å². The van der Waals surface area contributed by atoms with Gasteiger partial charge in [-0.3, -0.25) is 9.63 Å². The maximum atomic E-state index is 12.1. The highest BCUT2D eigenvalue weighted by Crippen LogP contribution is 2.14. The van der Waals surface area contributed by atoms with E-state index in [-0.39, 0.29) is 11.7 Å². The number of nitrogens with one attached hydrogen (secondary N) is 1. The summed E-state index contributed by atoms with van der Waals surface area (Å²) in [5.41, 5.74) is 4.00. The average molecular weight is 357 g/mol. The number of aromatic hydroxyl groups is 1. The summed E-state index contributed by atoms with van der Waals surface area (Å²) in [6.07, 6.45) is 4.80. The minimum atomic E-state index is -0.290. The van der Waals surface area contributed by atoms with Crippen molar-refractivity contribution in [2.75, 3.05) is 13.2 Å². The molecule has 0 heterocycles. The third kappa shape index (κ3) is 7.15. The van der Waals surface area contributed by atoms with Gasteiger partial charge in [0.05, 0.1) is 13.2 Å². The Morgan fingerprint density at radius 3 is 2.69 bits per heavy atom. The summed E-state index contributed by atoms with van der Waals surface area (Å²) in [6, 6.07) is 14.2. The number of carbonyl (C=O) groups excluding carboxylic acids is 1. The lowest BCUT2D eigenvalue weighted by atomic mass is 10.1. The molecular formula is C21H27NO4. The molecule has 2 aromatic rings. The molecule has 5 nitrogen and oxygen atoms in total. The van der Waals surface area contributed by atoms with E-state index in [0.717, 1.165) is 37.7 Å². The van der Waals surface area contributed by atoms with E-state index in [0.29, 0.717) is 24.5 Å². The van der Waals surface area contributed by atoms with Gasteiger partial charge in [0.2, 0.25) is 0 Å². The fraction of sp³-hybridized carbons (Fsp3) is 0.381. The molecule has 0 aliphatic heterocycles. The molecule has 140 valence electrons. The van der Waals surface area contributed by atoms with Crippen LogP contribution in [0.5, 0.6) is 11.5 Å². The predicted octanol–water partition coefficient (Wildman–Crippen LogP) is 4.26. The number of amides is 1. The Hall–Kier alpha value is -2.53. The monoisotopic (exact) mass is 357 g/mol. The fourth-order valence-corrected chi connectivity index (χ4v) is 2.51. The first-order valence-electron chi connectivity index (χ1n) is 9.12. The number of benzene rings is 2. The molecule has 0 aromatic heterocycles. The zero-order chi connectivity index (χ0) is 18.6. The molecule has 0 atom stereocenters. The number of rotatable bonds is 11. The van der Waals surface area contributed by atoms with E-state index >= 15 is 0 Å². The number of hydroxylamine groups is 1. The quantitative estimate of drug-likeness (QED) is 0.466. The summed E-state index contributed by atoms with van der Waals surface area (Å²) in [4.78, 5) is 17.4. The lowest BCUT2D eigenvalue weighted by Crippen LogP contribution is -2.24. The topological polar surface area (TPSA) is 67.8 Å². The lowest BCUT2D eigenvalue weighted by Gasteiger charge is -2.09. The summed E-state index contributed by atoms with van der Waals surface area (Å²) < 4.78 is 5.66. The van der Waals surface area contributed by atoms with Crippen LogP contribution >= 0.6 is 0 Å². The minimum Gasteiger partial charge on any atom is -0.508 e. The van der Waals surface area contributed by atoms with E-state index in [1.807, 2.05) is 18.2 Å². The molecule has 0 aliphatic rings. The molecule has 0 saturated heterocycles. The first-order chi connectivity index (χ1) is 12.7. The Bertz CT molecular complexity index is 687. The second-order valence-corrected chi connectivity index (χ2v) is 6.14. The Morgan fingerprint density at radius 2 is 1.88 bits per heavy atom. The fourth-order valence-electron chi connectivity index (χ4n) is 2.51. The van der Waals surface area contributed by atoms with Crippen molar-refractivity contribution in [3.8, 4) is 11.5 Å². The molecular weight excluding hydrogens is 330 g/mol. The number of hydrogen-bond acceptors (Lipinski definition) is 4. The number of ether oxygens (including phenoxy) is 1. The van der Waals surface area contributed by atoms with Gasteiger partial charge in [0.15, 0.2) is 0 Å². The van der Waals surface area contributed by atoms with E-state index in [2.05, 4.69) is 12.4 Å². The van der Waals surface area contributed by atoms with Crippen LogP contribution in [0.2, 0.25) is 0 Å². The molecule has 5 heteroatoms. The number of hydrogen-bond donors (Lipinski definition) is 2. The van der Waals surface area contributed by atoms with Gasteiger partial charge in [-0.1, -0.05) is 38.0 Å². The van der Waals surface area contributed by atoms with Crippen LogP contribution in [0.25, 0.3) is 0 Å². The van der Waals surface area contributed by atoms with Crippen molar-refractivity contribution in [3.05, 3.63) is 59.7 Å².